The van der Waals surface area contributed by atoms with Crippen LogP contribution < -0.4 is 0 Å². The summed E-state index contributed by atoms with van der Waals surface area (Å²) in [4.78, 5) is 5.59. The van der Waals surface area contributed by atoms with Gasteiger partial charge in [0.1, 0.15) is 11.0 Å². The zero-order valence-electron chi connectivity index (χ0n) is 10.2. The Morgan fingerprint density at radius 1 is 1.35 bits per heavy atom. The highest BCUT2D eigenvalue weighted by Gasteiger charge is 2.06. The summed E-state index contributed by atoms with van der Waals surface area (Å²) in [5.41, 5.74) is 2.61. The third-order valence-corrected chi connectivity index (χ3v) is 4.24. The molecule has 90 valence electrons. The van der Waals surface area contributed by atoms with Crippen molar-refractivity contribution in [1.29, 1.82) is 0 Å². The molecule has 0 radical (unpaired) electrons. The fraction of sp³-hybridized carbons (Fsp3) is 0.308. The van der Waals surface area contributed by atoms with Crippen LogP contribution in [0.4, 0.5) is 0 Å². The molecule has 0 N–H and O–H groups in total. The second kappa shape index (κ2) is 5.15. The predicted octanol–water partition coefficient (Wildman–Crippen LogP) is 3.98. The molecule has 0 fully saturated rings. The van der Waals surface area contributed by atoms with Gasteiger partial charge in [-0.05, 0) is 25.5 Å². The van der Waals surface area contributed by atoms with Crippen LogP contribution >= 0.6 is 23.4 Å². The average molecular weight is 267 g/mol. The molecule has 0 aliphatic rings. The van der Waals surface area contributed by atoms with Gasteiger partial charge < -0.3 is 4.57 Å². The van der Waals surface area contributed by atoms with E-state index in [1.54, 1.807) is 18.0 Å². The van der Waals surface area contributed by atoms with Crippen molar-refractivity contribution in [2.45, 2.75) is 24.5 Å². The summed E-state index contributed by atoms with van der Waals surface area (Å²) in [5.74, 6) is 1.84. The first-order valence-corrected chi connectivity index (χ1v) is 6.80. The van der Waals surface area contributed by atoms with Crippen LogP contribution in [0.5, 0.6) is 0 Å². The predicted molar refractivity (Wildman–Crippen MR) is 73.7 cm³/mol. The Balaban J connectivity index is 2.10. The van der Waals surface area contributed by atoms with Crippen molar-refractivity contribution in [3.63, 3.8) is 0 Å². The van der Waals surface area contributed by atoms with Gasteiger partial charge in [0, 0.05) is 11.9 Å². The summed E-state index contributed by atoms with van der Waals surface area (Å²) in [5, 5.41) is 0.682. The number of rotatable bonds is 3. The summed E-state index contributed by atoms with van der Waals surface area (Å²) < 4.78 is 1.91. The summed E-state index contributed by atoms with van der Waals surface area (Å²) in [6.07, 6.45) is 1.69. The molecule has 0 aliphatic heterocycles. The smallest absolute Gasteiger partial charge is 0.128 e. The molecule has 17 heavy (non-hydrogen) atoms. The minimum Gasteiger partial charge on any atom is -0.322 e. The van der Waals surface area contributed by atoms with Crippen LogP contribution in [0.25, 0.3) is 0 Å². The SMILES string of the molecule is Cc1ccc(SCc2ncc(Cl)n2C)c(C)c1. The van der Waals surface area contributed by atoms with Gasteiger partial charge in [-0.2, -0.15) is 0 Å². The Morgan fingerprint density at radius 3 is 2.71 bits per heavy atom. The lowest BCUT2D eigenvalue weighted by molar-refractivity contribution is 0.850. The molecule has 0 bridgehead atoms. The number of benzene rings is 1. The molecule has 1 heterocycles. The van der Waals surface area contributed by atoms with Gasteiger partial charge in [-0.25, -0.2) is 4.98 Å². The van der Waals surface area contributed by atoms with Crippen molar-refractivity contribution in [3.8, 4) is 0 Å². The van der Waals surface area contributed by atoms with Gasteiger partial charge in [0.2, 0.25) is 0 Å². The van der Waals surface area contributed by atoms with Crippen molar-refractivity contribution in [3.05, 3.63) is 46.5 Å². The molecular weight excluding hydrogens is 252 g/mol. The maximum absolute atomic E-state index is 5.95. The van der Waals surface area contributed by atoms with E-state index < -0.39 is 0 Å². The van der Waals surface area contributed by atoms with Gasteiger partial charge in [0.25, 0.3) is 0 Å². The van der Waals surface area contributed by atoms with Gasteiger partial charge in [-0.15, -0.1) is 11.8 Å². The van der Waals surface area contributed by atoms with E-state index in [-0.39, 0.29) is 0 Å². The van der Waals surface area contributed by atoms with E-state index in [9.17, 15) is 0 Å². The highest BCUT2D eigenvalue weighted by molar-refractivity contribution is 7.98. The summed E-state index contributed by atoms with van der Waals surface area (Å²) >= 11 is 7.75. The molecule has 2 rings (SSSR count). The molecule has 0 amide bonds. The molecule has 0 unspecified atom stereocenters. The van der Waals surface area contributed by atoms with Gasteiger partial charge in [0.15, 0.2) is 0 Å². The van der Waals surface area contributed by atoms with Crippen molar-refractivity contribution in [2.24, 2.45) is 7.05 Å². The van der Waals surface area contributed by atoms with Gasteiger partial charge in [-0.1, -0.05) is 29.3 Å². The minimum atomic E-state index is 0.682. The Hall–Kier alpha value is -0.930. The Kier molecular flexibility index (Phi) is 3.79. The zero-order chi connectivity index (χ0) is 12.4. The lowest BCUT2D eigenvalue weighted by Crippen LogP contribution is -1.96. The number of aryl methyl sites for hydroxylation is 2. The average Bonchev–Trinajstić information content (AvgIpc) is 2.59. The molecule has 0 spiro atoms. The monoisotopic (exact) mass is 266 g/mol. The number of hydrogen-bond donors (Lipinski definition) is 0. The van der Waals surface area contributed by atoms with Crippen LogP contribution in [-0.4, -0.2) is 9.55 Å². The highest BCUT2D eigenvalue weighted by Crippen LogP contribution is 2.26. The molecule has 4 heteroatoms. The normalized spacial score (nSPS) is 10.8. The fourth-order valence-electron chi connectivity index (χ4n) is 1.66. The van der Waals surface area contributed by atoms with E-state index >= 15 is 0 Å². The van der Waals surface area contributed by atoms with E-state index in [1.165, 1.54) is 16.0 Å². The Morgan fingerprint density at radius 2 is 2.12 bits per heavy atom. The first kappa shape index (κ1) is 12.5. The van der Waals surface area contributed by atoms with Gasteiger partial charge >= 0.3 is 0 Å². The second-order valence-corrected chi connectivity index (χ2v) is 5.52. The first-order valence-electron chi connectivity index (χ1n) is 5.44. The van der Waals surface area contributed by atoms with Crippen molar-refractivity contribution < 1.29 is 0 Å². The van der Waals surface area contributed by atoms with E-state index in [0.717, 1.165) is 11.6 Å². The van der Waals surface area contributed by atoms with Crippen LogP contribution in [0.1, 0.15) is 17.0 Å². The Bertz CT molecular complexity index is 534. The number of aromatic nitrogens is 2. The minimum absolute atomic E-state index is 0.682. The summed E-state index contributed by atoms with van der Waals surface area (Å²) in [6.45, 7) is 4.25. The molecule has 1 aromatic heterocycles. The van der Waals surface area contributed by atoms with Gasteiger partial charge in [0.05, 0.1) is 11.9 Å². The summed E-state index contributed by atoms with van der Waals surface area (Å²) in [7, 11) is 1.94. The van der Waals surface area contributed by atoms with Crippen LogP contribution in [-0.2, 0) is 12.8 Å². The zero-order valence-corrected chi connectivity index (χ0v) is 11.8. The molecule has 2 nitrogen and oxygen atoms in total. The van der Waals surface area contributed by atoms with Gasteiger partial charge in [-0.3, -0.25) is 0 Å². The summed E-state index contributed by atoms with van der Waals surface area (Å²) in [6, 6.07) is 6.51. The number of thioether (sulfide) groups is 1. The van der Waals surface area contributed by atoms with E-state index in [2.05, 4.69) is 37.0 Å². The maximum atomic E-state index is 5.95. The van der Waals surface area contributed by atoms with Crippen LogP contribution in [0.15, 0.2) is 29.3 Å². The van der Waals surface area contributed by atoms with Crippen LogP contribution in [0, 0.1) is 13.8 Å². The molecule has 2 aromatic rings. The number of nitrogens with zero attached hydrogens (tertiary/aromatic N) is 2. The fourth-order valence-corrected chi connectivity index (χ4v) is 2.81. The highest BCUT2D eigenvalue weighted by atomic mass is 35.5. The standard InChI is InChI=1S/C13H15ClN2S/c1-9-4-5-11(10(2)6-9)17-8-13-15-7-12(14)16(13)3/h4-7H,8H2,1-3H3. The molecular formula is C13H15ClN2S. The Labute approximate surface area is 111 Å². The lowest BCUT2D eigenvalue weighted by atomic mass is 10.2. The quantitative estimate of drug-likeness (QED) is 0.782. The van der Waals surface area contributed by atoms with Crippen molar-refractivity contribution in [1.82, 2.24) is 9.55 Å². The molecule has 1 aromatic carbocycles. The van der Waals surface area contributed by atoms with E-state index in [4.69, 9.17) is 11.6 Å². The first-order chi connectivity index (χ1) is 8.08. The van der Waals surface area contributed by atoms with Crippen LogP contribution in [0.3, 0.4) is 0 Å². The lowest BCUT2D eigenvalue weighted by Gasteiger charge is -2.06. The van der Waals surface area contributed by atoms with Crippen molar-refractivity contribution >= 4 is 23.4 Å². The van der Waals surface area contributed by atoms with E-state index in [0.29, 0.717) is 5.15 Å². The number of halogens is 1. The molecule has 0 saturated carbocycles. The van der Waals surface area contributed by atoms with E-state index in [1.807, 2.05) is 11.6 Å². The largest absolute Gasteiger partial charge is 0.322 e. The third kappa shape index (κ3) is 2.85. The number of hydrogen-bond acceptors (Lipinski definition) is 2. The maximum Gasteiger partial charge on any atom is 0.128 e. The topological polar surface area (TPSA) is 17.8 Å². The van der Waals surface area contributed by atoms with Crippen molar-refractivity contribution in [2.75, 3.05) is 0 Å². The third-order valence-electron chi connectivity index (χ3n) is 2.71. The molecule has 0 atom stereocenters. The molecule has 0 aliphatic carbocycles. The molecule has 0 saturated heterocycles. The number of imidazole rings is 1. The van der Waals surface area contributed by atoms with Crippen LogP contribution in [0.2, 0.25) is 5.15 Å². The second-order valence-electron chi connectivity index (χ2n) is 4.11.